The Bertz CT molecular complexity index is 1350. The first-order valence-electron chi connectivity index (χ1n) is 12.8. The first kappa shape index (κ1) is 30.7. The molecule has 1 atom stereocenters. The van der Waals surface area contributed by atoms with E-state index < -0.39 is 17.9 Å². The van der Waals surface area contributed by atoms with Crippen LogP contribution < -0.4 is 15.4 Å². The Kier molecular flexibility index (Phi) is 11.6. The van der Waals surface area contributed by atoms with Gasteiger partial charge in [0.15, 0.2) is 6.10 Å². The molecule has 0 radical (unpaired) electrons. The Hall–Kier alpha value is -3.80. The first-order chi connectivity index (χ1) is 19.2. The fourth-order valence-electron chi connectivity index (χ4n) is 3.67. The third-order valence-corrected chi connectivity index (χ3v) is 5.96. The lowest BCUT2D eigenvalue weighted by molar-refractivity contribution is -0.151. The Morgan fingerprint density at radius 2 is 2.00 bits per heavy atom. The Morgan fingerprint density at radius 3 is 2.70 bits per heavy atom. The van der Waals surface area contributed by atoms with Gasteiger partial charge in [-0.15, -0.1) is 0 Å². The molecule has 3 rings (SSSR count). The molecule has 0 spiro atoms. The highest BCUT2D eigenvalue weighted by Crippen LogP contribution is 2.34. The molecule has 2 aromatic carbocycles. The maximum absolute atomic E-state index is 13.6. The molecule has 0 aliphatic heterocycles. The van der Waals surface area contributed by atoms with Gasteiger partial charge in [-0.1, -0.05) is 37.4 Å². The topological polar surface area (TPSA) is 126 Å². The SMILES string of the molecule is CCCCC(OCCOc1cc2ncnc(Nc3ccc(F)c(Cl)c3)c2cc1NC(=O)/C=C/CN(C)C)C(=O)O. The predicted molar refractivity (Wildman–Crippen MR) is 153 cm³/mol. The summed E-state index contributed by atoms with van der Waals surface area (Å²) in [7, 11) is 3.78. The van der Waals surface area contributed by atoms with Gasteiger partial charge in [-0.25, -0.2) is 19.2 Å². The molecule has 3 aromatic rings. The van der Waals surface area contributed by atoms with E-state index >= 15 is 0 Å². The van der Waals surface area contributed by atoms with Gasteiger partial charge in [0.05, 0.1) is 22.8 Å². The molecule has 12 heteroatoms. The number of aliphatic carboxylic acids is 1. The zero-order valence-electron chi connectivity index (χ0n) is 22.6. The number of hydrogen-bond donors (Lipinski definition) is 3. The molecule has 1 aromatic heterocycles. The summed E-state index contributed by atoms with van der Waals surface area (Å²) < 4.78 is 25.0. The molecule has 40 heavy (non-hydrogen) atoms. The number of nitrogens with one attached hydrogen (secondary N) is 2. The average Bonchev–Trinajstić information content (AvgIpc) is 2.90. The molecular weight excluding hydrogens is 541 g/mol. The summed E-state index contributed by atoms with van der Waals surface area (Å²) in [6.45, 7) is 2.64. The third-order valence-electron chi connectivity index (χ3n) is 5.67. The van der Waals surface area contributed by atoms with Crippen molar-refractivity contribution in [1.82, 2.24) is 14.9 Å². The van der Waals surface area contributed by atoms with Crippen molar-refractivity contribution in [3.8, 4) is 5.75 Å². The molecule has 0 saturated carbocycles. The second-order valence-electron chi connectivity index (χ2n) is 9.18. The molecule has 1 unspecified atom stereocenters. The molecule has 3 N–H and O–H groups in total. The van der Waals surface area contributed by atoms with Gasteiger partial charge in [0.25, 0.3) is 0 Å². The van der Waals surface area contributed by atoms with Gasteiger partial charge < -0.3 is 30.1 Å². The van der Waals surface area contributed by atoms with Crippen LogP contribution in [0.5, 0.6) is 5.75 Å². The van der Waals surface area contributed by atoms with Crippen LogP contribution in [0, 0.1) is 5.82 Å². The Morgan fingerprint density at radius 1 is 1.20 bits per heavy atom. The number of unbranched alkanes of at least 4 members (excludes halogenated alkanes) is 1. The number of hydrogen-bond acceptors (Lipinski definition) is 8. The highest BCUT2D eigenvalue weighted by molar-refractivity contribution is 6.31. The molecule has 0 aliphatic rings. The molecular formula is C28H33ClFN5O5. The van der Waals surface area contributed by atoms with Gasteiger partial charge in [-0.2, -0.15) is 0 Å². The van der Waals surface area contributed by atoms with Gasteiger partial charge in [0.1, 0.15) is 30.3 Å². The van der Waals surface area contributed by atoms with Crippen molar-refractivity contribution in [1.29, 1.82) is 0 Å². The third kappa shape index (κ3) is 9.15. The maximum Gasteiger partial charge on any atom is 0.332 e. The van der Waals surface area contributed by atoms with E-state index in [2.05, 4.69) is 20.6 Å². The molecule has 1 heterocycles. The number of nitrogens with zero attached hydrogens (tertiary/aromatic N) is 3. The zero-order valence-corrected chi connectivity index (χ0v) is 23.4. The van der Waals surface area contributed by atoms with Crippen LogP contribution in [0.3, 0.4) is 0 Å². The minimum Gasteiger partial charge on any atom is -0.489 e. The largest absolute Gasteiger partial charge is 0.489 e. The van der Waals surface area contributed by atoms with Crippen LogP contribution >= 0.6 is 11.6 Å². The van der Waals surface area contributed by atoms with Crippen molar-refractivity contribution in [2.24, 2.45) is 0 Å². The van der Waals surface area contributed by atoms with Gasteiger partial charge in [0, 0.05) is 29.8 Å². The number of amides is 1. The quantitative estimate of drug-likeness (QED) is 0.165. The van der Waals surface area contributed by atoms with Crippen molar-refractivity contribution in [3.05, 3.63) is 59.7 Å². The number of ether oxygens (including phenoxy) is 2. The van der Waals surface area contributed by atoms with E-state index in [4.69, 9.17) is 21.1 Å². The maximum atomic E-state index is 13.6. The van der Waals surface area contributed by atoms with Crippen LogP contribution in [0.2, 0.25) is 5.02 Å². The van der Waals surface area contributed by atoms with E-state index in [1.165, 1.54) is 30.6 Å². The summed E-state index contributed by atoms with van der Waals surface area (Å²) in [5.41, 5.74) is 1.37. The lowest BCUT2D eigenvalue weighted by atomic mass is 10.1. The summed E-state index contributed by atoms with van der Waals surface area (Å²) in [4.78, 5) is 34.6. The number of fused-ring (bicyclic) bond motifs is 1. The highest BCUT2D eigenvalue weighted by Gasteiger charge is 2.18. The van der Waals surface area contributed by atoms with Crippen LogP contribution in [-0.2, 0) is 14.3 Å². The number of rotatable bonds is 15. The highest BCUT2D eigenvalue weighted by atomic mass is 35.5. The number of carbonyl (C=O) groups excluding carboxylic acids is 1. The van der Waals surface area contributed by atoms with Crippen molar-refractivity contribution in [2.75, 3.05) is 44.5 Å². The summed E-state index contributed by atoms with van der Waals surface area (Å²) >= 11 is 5.92. The normalized spacial score (nSPS) is 12.2. The molecule has 214 valence electrons. The van der Waals surface area contributed by atoms with E-state index in [1.54, 1.807) is 18.2 Å². The fourth-order valence-corrected chi connectivity index (χ4v) is 3.85. The minimum absolute atomic E-state index is 0.0384. The van der Waals surface area contributed by atoms with Crippen molar-refractivity contribution >= 4 is 51.6 Å². The summed E-state index contributed by atoms with van der Waals surface area (Å²) in [5.74, 6) is -1.21. The number of likely N-dealkylation sites (N-methyl/N-ethyl adjacent to an activating group) is 1. The zero-order chi connectivity index (χ0) is 29.1. The van der Waals surface area contributed by atoms with Crippen LogP contribution in [0.15, 0.2) is 48.8 Å². The van der Waals surface area contributed by atoms with E-state index in [-0.39, 0.29) is 24.1 Å². The van der Waals surface area contributed by atoms with E-state index in [0.717, 1.165) is 12.8 Å². The number of carboxylic acids is 1. The van der Waals surface area contributed by atoms with Gasteiger partial charge in [0.2, 0.25) is 5.91 Å². The van der Waals surface area contributed by atoms with E-state index in [9.17, 15) is 19.1 Å². The van der Waals surface area contributed by atoms with Crippen LogP contribution in [0.1, 0.15) is 26.2 Å². The predicted octanol–water partition coefficient (Wildman–Crippen LogP) is 5.26. The second kappa shape index (κ2) is 15.1. The van der Waals surface area contributed by atoms with Gasteiger partial charge in [-0.3, -0.25) is 4.79 Å². The van der Waals surface area contributed by atoms with Gasteiger partial charge in [-0.05, 0) is 44.8 Å². The average molecular weight is 574 g/mol. The van der Waals surface area contributed by atoms with Crippen LogP contribution in [0.4, 0.5) is 21.6 Å². The number of carboxylic acid groups (broad SMARTS) is 1. The Balaban J connectivity index is 1.86. The Labute approximate surface area is 237 Å². The second-order valence-corrected chi connectivity index (χ2v) is 9.59. The number of halogens is 2. The number of carbonyl (C=O) groups is 2. The molecule has 0 fully saturated rings. The first-order valence-corrected chi connectivity index (χ1v) is 13.2. The lowest BCUT2D eigenvalue weighted by Gasteiger charge is -2.16. The van der Waals surface area contributed by atoms with Crippen LogP contribution in [0.25, 0.3) is 10.9 Å². The summed E-state index contributed by atoms with van der Waals surface area (Å²) in [5, 5.41) is 15.8. The van der Waals surface area contributed by atoms with Crippen molar-refractivity contribution < 1.29 is 28.6 Å². The number of benzene rings is 2. The minimum atomic E-state index is -1.02. The number of anilines is 3. The van der Waals surface area contributed by atoms with E-state index in [0.29, 0.717) is 46.8 Å². The monoisotopic (exact) mass is 573 g/mol. The molecule has 1 amide bonds. The molecule has 0 aliphatic carbocycles. The smallest absolute Gasteiger partial charge is 0.332 e. The lowest BCUT2D eigenvalue weighted by Crippen LogP contribution is -2.26. The van der Waals surface area contributed by atoms with Crippen molar-refractivity contribution in [3.63, 3.8) is 0 Å². The molecule has 0 bridgehead atoms. The number of aromatic nitrogens is 2. The van der Waals surface area contributed by atoms with Gasteiger partial charge >= 0.3 is 5.97 Å². The van der Waals surface area contributed by atoms with Crippen molar-refractivity contribution in [2.45, 2.75) is 32.3 Å². The summed E-state index contributed by atoms with van der Waals surface area (Å²) in [6, 6.07) is 7.51. The van der Waals surface area contributed by atoms with E-state index in [1.807, 2.05) is 25.9 Å². The molecule has 0 saturated heterocycles. The molecule has 10 nitrogen and oxygen atoms in total. The fraction of sp³-hybridized carbons (Fsp3) is 0.357. The van der Waals surface area contributed by atoms with Crippen LogP contribution in [-0.4, -0.2) is 71.8 Å². The summed E-state index contributed by atoms with van der Waals surface area (Å²) in [6.07, 6.45) is 5.59. The standard InChI is InChI=1S/C28H33ClFN5O5/c1-4-5-7-24(28(37)38)39-12-13-40-25-16-22-19(15-23(25)34-26(36)8-6-11-35(2)3)27(32-17-31-22)33-18-9-10-21(30)20(29)14-18/h6,8-10,14-17,24H,4-5,7,11-13H2,1-3H3,(H,34,36)(H,37,38)(H,31,32,33)/b8-6+.